The van der Waals surface area contributed by atoms with E-state index in [1.54, 1.807) is 13.0 Å². The summed E-state index contributed by atoms with van der Waals surface area (Å²) in [6, 6.07) is 3.60. The third-order valence-corrected chi connectivity index (χ3v) is 4.19. The highest BCUT2D eigenvalue weighted by molar-refractivity contribution is 6.06. The Morgan fingerprint density at radius 1 is 0.905 bits per heavy atom. The molecule has 1 N–H and O–H groups in total. The number of carboxylic acid groups (broad SMARTS) is 1. The molecule has 1 fully saturated rings. The Morgan fingerprint density at radius 2 is 1.38 bits per heavy atom. The summed E-state index contributed by atoms with van der Waals surface area (Å²) in [6.07, 6.45) is 5.51. The third-order valence-electron chi connectivity index (χ3n) is 4.19. The molecule has 2 rings (SSSR count). The summed E-state index contributed by atoms with van der Waals surface area (Å²) < 4.78 is 0. The molecule has 4 heteroatoms. The van der Waals surface area contributed by atoms with Gasteiger partial charge in [0.1, 0.15) is 0 Å². The molecule has 21 heavy (non-hydrogen) atoms. The largest absolute Gasteiger partial charge is 0.478 e. The number of aryl methyl sites for hydroxylation is 2. The number of amides is 1. The molecule has 0 unspecified atom stereocenters. The Hall–Kier alpha value is -1.84. The monoisotopic (exact) mass is 289 g/mol. The molecular weight excluding hydrogens is 266 g/mol. The Balaban J connectivity index is 2.37. The van der Waals surface area contributed by atoms with Crippen LogP contribution in [-0.2, 0) is 0 Å². The highest BCUT2D eigenvalue weighted by Crippen LogP contribution is 2.22. The van der Waals surface area contributed by atoms with Crippen LogP contribution in [0, 0.1) is 13.8 Å². The number of hydrogen-bond donors (Lipinski definition) is 1. The fraction of sp³-hybridized carbons (Fsp3) is 0.529. The van der Waals surface area contributed by atoms with E-state index in [1.807, 2.05) is 17.9 Å². The molecule has 0 bridgehead atoms. The lowest BCUT2D eigenvalue weighted by Gasteiger charge is -2.26. The minimum absolute atomic E-state index is 0.129. The van der Waals surface area contributed by atoms with E-state index in [9.17, 15) is 14.7 Å². The number of likely N-dealkylation sites (tertiary alicyclic amines) is 1. The van der Waals surface area contributed by atoms with Crippen molar-refractivity contribution in [2.24, 2.45) is 0 Å². The molecule has 1 saturated heterocycles. The Bertz CT molecular complexity index is 543. The molecule has 0 aliphatic carbocycles. The maximum Gasteiger partial charge on any atom is 0.336 e. The van der Waals surface area contributed by atoms with Crippen LogP contribution in [0.2, 0.25) is 0 Å². The van der Waals surface area contributed by atoms with Gasteiger partial charge in [0, 0.05) is 13.1 Å². The van der Waals surface area contributed by atoms with Crippen LogP contribution in [0.4, 0.5) is 0 Å². The zero-order chi connectivity index (χ0) is 15.4. The van der Waals surface area contributed by atoms with E-state index >= 15 is 0 Å². The van der Waals surface area contributed by atoms with Crippen LogP contribution in [0.3, 0.4) is 0 Å². The smallest absolute Gasteiger partial charge is 0.336 e. The Labute approximate surface area is 125 Å². The van der Waals surface area contributed by atoms with Crippen LogP contribution in [0.1, 0.15) is 63.9 Å². The summed E-state index contributed by atoms with van der Waals surface area (Å²) in [6.45, 7) is 5.01. The molecule has 114 valence electrons. The summed E-state index contributed by atoms with van der Waals surface area (Å²) in [5, 5.41) is 9.45. The van der Waals surface area contributed by atoms with Gasteiger partial charge in [-0.3, -0.25) is 4.79 Å². The molecule has 0 atom stereocenters. The highest BCUT2D eigenvalue weighted by Gasteiger charge is 2.25. The lowest BCUT2D eigenvalue weighted by atomic mass is 9.95. The average Bonchev–Trinajstić information content (AvgIpc) is 2.39. The minimum atomic E-state index is -1.02. The number of aromatic carboxylic acids is 1. The highest BCUT2D eigenvalue weighted by atomic mass is 16.4. The van der Waals surface area contributed by atoms with Crippen LogP contribution in [-0.4, -0.2) is 35.0 Å². The quantitative estimate of drug-likeness (QED) is 0.907. The molecule has 1 aromatic rings. The Morgan fingerprint density at radius 3 is 1.90 bits per heavy atom. The van der Waals surface area contributed by atoms with E-state index < -0.39 is 5.97 Å². The van der Waals surface area contributed by atoms with Crippen molar-refractivity contribution < 1.29 is 14.7 Å². The maximum absolute atomic E-state index is 12.8. The van der Waals surface area contributed by atoms with Gasteiger partial charge in [0.05, 0.1) is 11.1 Å². The number of benzene rings is 1. The molecule has 4 nitrogen and oxygen atoms in total. The predicted octanol–water partition coefficient (Wildman–Crippen LogP) is 3.41. The van der Waals surface area contributed by atoms with Gasteiger partial charge in [0.2, 0.25) is 0 Å². The Kier molecular flexibility index (Phi) is 4.99. The van der Waals surface area contributed by atoms with Gasteiger partial charge in [-0.15, -0.1) is 0 Å². The van der Waals surface area contributed by atoms with Gasteiger partial charge in [-0.1, -0.05) is 31.4 Å². The van der Waals surface area contributed by atoms with E-state index in [4.69, 9.17) is 0 Å². The summed E-state index contributed by atoms with van der Waals surface area (Å²) in [5.41, 5.74) is 1.90. The summed E-state index contributed by atoms with van der Waals surface area (Å²) in [4.78, 5) is 26.2. The number of nitrogens with zero attached hydrogens (tertiary/aromatic N) is 1. The first-order chi connectivity index (χ1) is 10.0. The van der Waals surface area contributed by atoms with Crippen LogP contribution in [0.5, 0.6) is 0 Å². The van der Waals surface area contributed by atoms with E-state index in [0.29, 0.717) is 11.1 Å². The van der Waals surface area contributed by atoms with Gasteiger partial charge in [0.15, 0.2) is 0 Å². The van der Waals surface area contributed by atoms with Gasteiger partial charge < -0.3 is 10.0 Å². The number of carbonyl (C=O) groups is 2. The van der Waals surface area contributed by atoms with Crippen molar-refractivity contribution in [2.75, 3.05) is 13.1 Å². The topological polar surface area (TPSA) is 57.6 Å². The van der Waals surface area contributed by atoms with Crippen molar-refractivity contribution in [3.8, 4) is 0 Å². The number of carboxylic acids is 1. The molecule has 1 aromatic carbocycles. The minimum Gasteiger partial charge on any atom is -0.478 e. The SMILES string of the molecule is Cc1ccc(C)c(C(=O)N2CCCCCCC2)c1C(=O)O. The van der Waals surface area contributed by atoms with Crippen LogP contribution in [0.15, 0.2) is 12.1 Å². The summed E-state index contributed by atoms with van der Waals surface area (Å²) >= 11 is 0. The molecule has 0 saturated carbocycles. The number of carbonyl (C=O) groups excluding carboxylic acids is 1. The molecular formula is C17H23NO3. The second-order valence-electron chi connectivity index (χ2n) is 5.81. The molecule has 0 radical (unpaired) electrons. The first-order valence-corrected chi connectivity index (χ1v) is 7.65. The van der Waals surface area contributed by atoms with Crippen molar-refractivity contribution >= 4 is 11.9 Å². The normalized spacial score (nSPS) is 16.2. The van der Waals surface area contributed by atoms with Crippen molar-refractivity contribution in [3.63, 3.8) is 0 Å². The van der Waals surface area contributed by atoms with E-state index in [2.05, 4.69) is 0 Å². The molecule has 1 heterocycles. The van der Waals surface area contributed by atoms with Crippen molar-refractivity contribution in [1.29, 1.82) is 0 Å². The molecule has 0 aromatic heterocycles. The molecule has 1 aliphatic rings. The first kappa shape index (κ1) is 15.5. The lowest BCUT2D eigenvalue weighted by molar-refractivity contribution is 0.0670. The van der Waals surface area contributed by atoms with Gasteiger partial charge in [-0.25, -0.2) is 4.79 Å². The van der Waals surface area contributed by atoms with E-state index in [-0.39, 0.29) is 11.5 Å². The number of hydrogen-bond acceptors (Lipinski definition) is 2. The van der Waals surface area contributed by atoms with Gasteiger partial charge in [-0.05, 0) is 37.8 Å². The number of rotatable bonds is 2. The first-order valence-electron chi connectivity index (χ1n) is 7.65. The van der Waals surface area contributed by atoms with Gasteiger partial charge in [0.25, 0.3) is 5.91 Å². The van der Waals surface area contributed by atoms with E-state index in [0.717, 1.165) is 44.3 Å². The third kappa shape index (κ3) is 3.43. The second kappa shape index (κ2) is 6.74. The van der Waals surface area contributed by atoms with Crippen molar-refractivity contribution in [3.05, 3.63) is 34.4 Å². The van der Waals surface area contributed by atoms with Gasteiger partial charge >= 0.3 is 5.97 Å². The molecule has 0 spiro atoms. The lowest BCUT2D eigenvalue weighted by Crippen LogP contribution is -2.35. The summed E-state index contributed by atoms with van der Waals surface area (Å²) in [7, 11) is 0. The van der Waals surface area contributed by atoms with Gasteiger partial charge in [-0.2, -0.15) is 0 Å². The maximum atomic E-state index is 12.8. The second-order valence-corrected chi connectivity index (χ2v) is 5.81. The van der Waals surface area contributed by atoms with Crippen LogP contribution in [0.25, 0.3) is 0 Å². The van der Waals surface area contributed by atoms with Crippen LogP contribution >= 0.6 is 0 Å². The molecule has 1 amide bonds. The predicted molar refractivity (Wildman–Crippen MR) is 81.9 cm³/mol. The van der Waals surface area contributed by atoms with Crippen molar-refractivity contribution in [1.82, 2.24) is 4.90 Å². The summed E-state index contributed by atoms with van der Waals surface area (Å²) in [5.74, 6) is -1.15. The molecule has 1 aliphatic heterocycles. The van der Waals surface area contributed by atoms with E-state index in [1.165, 1.54) is 6.42 Å². The van der Waals surface area contributed by atoms with Crippen molar-refractivity contribution in [2.45, 2.75) is 46.0 Å². The zero-order valence-electron chi connectivity index (χ0n) is 12.8. The average molecular weight is 289 g/mol. The fourth-order valence-electron chi connectivity index (χ4n) is 2.97. The van der Waals surface area contributed by atoms with Crippen LogP contribution < -0.4 is 0 Å². The standard InChI is InChI=1S/C17H23NO3/c1-12-8-9-13(2)15(17(20)21)14(12)16(19)18-10-6-4-3-5-7-11-18/h8-9H,3-7,10-11H2,1-2H3,(H,20,21). The fourth-order valence-corrected chi connectivity index (χ4v) is 2.97. The zero-order valence-corrected chi connectivity index (χ0v) is 12.8.